The molecular formula is C91H120F2N10O21. The number of urea groups is 1. The number of aliphatic hydroxyl groups is 1. The van der Waals surface area contributed by atoms with Gasteiger partial charge in [0.2, 0.25) is 23.5 Å². The molecule has 6 amide bonds. The van der Waals surface area contributed by atoms with E-state index in [0.29, 0.717) is 93.6 Å². The first-order valence-corrected chi connectivity index (χ1v) is 43.1. The van der Waals surface area contributed by atoms with E-state index >= 15 is 8.78 Å². The van der Waals surface area contributed by atoms with E-state index in [-0.39, 0.29) is 178 Å². The molecule has 33 heteroatoms. The van der Waals surface area contributed by atoms with Crippen LogP contribution in [0.1, 0.15) is 122 Å². The van der Waals surface area contributed by atoms with E-state index < -0.39 is 107 Å². The van der Waals surface area contributed by atoms with Crippen LogP contribution in [-0.4, -0.2) is 241 Å². The highest BCUT2D eigenvalue weighted by molar-refractivity contribution is 6.02. The monoisotopic (exact) mass is 1730 g/mol. The first kappa shape index (κ1) is 95.0. The molecule has 3 heterocycles. The fraction of sp³-hybridized carbons (Fsp3) is 0.571. The summed E-state index contributed by atoms with van der Waals surface area (Å²) in [4.78, 5) is 122. The molecule has 8 N–H and O–H groups in total. The Hall–Kier alpha value is -9.65. The SMILES string of the molecule is CCCC1O[C@@H]2C[C@H]3[C@@H]4C[C@H](F)C5=CC(=O)C=C[C@]5(C)[C@@]4(F)[C@@H](O)C[C@]3(C)[C@]2(C(=O)COc2ccc(NC(=O)OCc3ccc(CC(=O)[C@H](CCCNC(N)=O)CC(=O)[C@@H](NC(=O)CCOCCOCCOCCOCCNC(=O)CCC(=O)N4Cc5ccccc5-c5c(nnn5CCOCCOCCOCCNC)-c5ccccc54)C(C)C)cc3)cc2)O1. The zero-order chi connectivity index (χ0) is 88.4. The van der Waals surface area contributed by atoms with Crippen molar-refractivity contribution in [2.45, 2.75) is 173 Å². The zero-order valence-electron chi connectivity index (χ0n) is 71.7. The lowest BCUT2D eigenvalue weighted by Gasteiger charge is -2.63. The van der Waals surface area contributed by atoms with Crippen molar-refractivity contribution in [1.82, 2.24) is 36.3 Å². The molecule has 4 fully saturated rings. The number of amides is 6. The number of nitrogens with one attached hydrogen (secondary N) is 5. The van der Waals surface area contributed by atoms with Gasteiger partial charge in [-0.15, -0.1) is 5.10 Å². The lowest BCUT2D eigenvalue weighted by atomic mass is 9.44. The van der Waals surface area contributed by atoms with Crippen LogP contribution in [0.3, 0.4) is 0 Å². The number of halogens is 2. The van der Waals surface area contributed by atoms with Crippen LogP contribution < -0.4 is 42.0 Å². The fourth-order valence-corrected chi connectivity index (χ4v) is 18.0. The third-order valence-electron chi connectivity index (χ3n) is 24.4. The number of aliphatic hydroxyl groups excluding tert-OH is 1. The standard InChI is InChI=1S/C91H120F2N10O21/c1-7-13-82-123-78-54-69-70-53-72(92)71-52-65(104)29-31-88(71,4)90(70,93)76(107)55-89(69,5)91(78,124-82)77(108)58-121-66-25-23-64(24-26-66)98-87(113)122-57-61-21-19-60(20-22-61)50-74(105)62(15-12-32-97-86(94)112)51-75(106)83(59(2)3)99-80(110)30-36-114-40-44-118-48-49-120-46-42-116-38-34-96-79(109)27-28-81(111)102-56-63-14-8-9-16-67(63)85-84(68-17-10-11-18-73(68)102)100-101-103(85)35-39-117-43-47-119-45-41-115-37-33-95-6/h8-11,14,16-26,29,31,52,59,62,69-70,72,76,78,82-83,95,107H,7,12-13,15,27-28,30,32-51,53-58H2,1-6H3,(H,96,109)(H,98,113)(H,99,110)(H3,94,97,112)/t62-,69+,70+,72+,76+,78-,82?,83+,88+,89+,90+,91-/m1/s1. The Balaban J connectivity index is 0.537. The minimum absolute atomic E-state index is 0.00531. The van der Waals surface area contributed by atoms with Crippen LogP contribution in [0.2, 0.25) is 0 Å². The van der Waals surface area contributed by atoms with Crippen molar-refractivity contribution in [3.63, 3.8) is 0 Å². The van der Waals surface area contributed by atoms with Crippen LogP contribution in [0.15, 0.2) is 121 Å². The number of allylic oxidation sites excluding steroid dienone is 4. The summed E-state index contributed by atoms with van der Waals surface area (Å²) in [5, 5.41) is 35.0. The number of hydrogen-bond donors (Lipinski definition) is 7. The Labute approximate surface area is 721 Å². The van der Waals surface area contributed by atoms with Crippen molar-refractivity contribution in [3.05, 3.63) is 138 Å². The second-order valence-corrected chi connectivity index (χ2v) is 32.9. The second-order valence-electron chi connectivity index (χ2n) is 32.9. The maximum Gasteiger partial charge on any atom is 0.411 e. The summed E-state index contributed by atoms with van der Waals surface area (Å²) in [6.07, 6.45) is -0.748. The number of alkyl halides is 2. The first-order chi connectivity index (χ1) is 59.8. The first-order valence-electron chi connectivity index (χ1n) is 43.1. The van der Waals surface area contributed by atoms with Crippen LogP contribution in [0.25, 0.3) is 22.5 Å². The molecule has 5 aromatic rings. The van der Waals surface area contributed by atoms with Gasteiger partial charge in [-0.25, -0.2) is 23.1 Å². The van der Waals surface area contributed by atoms with Gasteiger partial charge in [-0.05, 0) is 129 Å². The molecule has 0 radical (unpaired) electrons. The van der Waals surface area contributed by atoms with Crippen molar-refractivity contribution < 1.29 is 109 Å². The average molecular weight is 1730 g/mol. The second kappa shape index (κ2) is 45.5. The van der Waals surface area contributed by atoms with Crippen LogP contribution in [-0.2, 0) is 107 Å². The topological polar surface area (TPSA) is 396 Å². The minimum atomic E-state index is -2.35. The summed E-state index contributed by atoms with van der Waals surface area (Å²) in [5.74, 6) is -4.87. The Morgan fingerprint density at radius 1 is 0.718 bits per heavy atom. The van der Waals surface area contributed by atoms with E-state index in [9.17, 15) is 48.3 Å². The molecule has 31 nitrogen and oxygen atoms in total. The normalized spacial score (nSPS) is 23.2. The molecule has 2 aliphatic heterocycles. The van der Waals surface area contributed by atoms with E-state index in [2.05, 4.69) is 36.9 Å². The van der Waals surface area contributed by atoms with Crippen molar-refractivity contribution in [1.29, 1.82) is 0 Å². The van der Waals surface area contributed by atoms with Gasteiger partial charge in [-0.1, -0.05) is 112 Å². The number of likely N-dealkylation sites (N-methyl/N-ethyl adjacent to an activating group) is 1. The van der Waals surface area contributed by atoms with E-state index in [1.807, 2.05) is 67.2 Å². The highest BCUT2D eigenvalue weighted by Crippen LogP contribution is 2.72. The van der Waals surface area contributed by atoms with Gasteiger partial charge in [0, 0.05) is 91.2 Å². The van der Waals surface area contributed by atoms with Gasteiger partial charge in [0.05, 0.1) is 135 Å². The number of ketones is 4. The number of carbonyl (C=O) groups excluding carboxylic acids is 9. The molecular weight excluding hydrogens is 1610 g/mol. The van der Waals surface area contributed by atoms with E-state index in [1.165, 1.54) is 19.1 Å². The molecule has 0 spiro atoms. The molecule has 674 valence electrons. The number of hydrogen-bond acceptors (Lipinski definition) is 24. The number of anilines is 2. The lowest BCUT2D eigenvalue weighted by molar-refractivity contribution is -0.234. The van der Waals surface area contributed by atoms with Gasteiger partial charge >= 0.3 is 12.1 Å². The van der Waals surface area contributed by atoms with Crippen LogP contribution in [0.4, 0.5) is 29.7 Å². The fourth-order valence-electron chi connectivity index (χ4n) is 18.0. The van der Waals surface area contributed by atoms with Crippen LogP contribution >= 0.6 is 0 Å². The van der Waals surface area contributed by atoms with Gasteiger partial charge in [-0.3, -0.25) is 38.9 Å². The highest BCUT2D eigenvalue weighted by Gasteiger charge is 2.80. The van der Waals surface area contributed by atoms with E-state index in [4.69, 9.17) is 57.8 Å². The summed E-state index contributed by atoms with van der Waals surface area (Å²) < 4.78 is 100. The Kier molecular flexibility index (Phi) is 34.9. The number of primary amides is 1. The van der Waals surface area contributed by atoms with Crippen LogP contribution in [0, 0.1) is 34.5 Å². The smallest absolute Gasteiger partial charge is 0.411 e. The Morgan fingerprint density at radius 2 is 1.36 bits per heavy atom. The third kappa shape index (κ3) is 23.5. The number of carbonyl (C=O) groups is 9. The number of rotatable bonds is 51. The molecule has 1 aromatic heterocycles. The summed E-state index contributed by atoms with van der Waals surface area (Å²) in [5.41, 5.74) is 4.76. The summed E-state index contributed by atoms with van der Waals surface area (Å²) >= 11 is 0. The van der Waals surface area contributed by atoms with Gasteiger partial charge in [-0.2, -0.15) is 0 Å². The summed E-state index contributed by atoms with van der Waals surface area (Å²) in [7, 11) is 1.88. The quantitative estimate of drug-likeness (QED) is 0.0178. The maximum atomic E-state index is 18.0. The maximum absolute atomic E-state index is 18.0. The number of nitrogens with two attached hydrogens (primary N) is 1. The zero-order valence-corrected chi connectivity index (χ0v) is 71.7. The summed E-state index contributed by atoms with van der Waals surface area (Å²) in [6, 6.07) is 26.9. The minimum Gasteiger partial charge on any atom is -0.486 e. The Morgan fingerprint density at radius 3 is 2.04 bits per heavy atom. The van der Waals surface area contributed by atoms with E-state index in [1.54, 1.807) is 74.2 Å². The van der Waals surface area contributed by atoms with Crippen molar-refractivity contribution in [2.75, 3.05) is 136 Å². The van der Waals surface area contributed by atoms with Crippen molar-refractivity contribution >= 4 is 64.4 Å². The van der Waals surface area contributed by atoms with Gasteiger partial charge < -0.3 is 89.1 Å². The predicted octanol–water partition coefficient (Wildman–Crippen LogP) is 8.96. The molecule has 11 rings (SSSR count). The molecule has 4 aliphatic carbocycles. The number of para-hydroxylation sites is 1. The number of benzene rings is 4. The molecule has 0 bridgehead atoms. The van der Waals surface area contributed by atoms with Crippen LogP contribution in [0.5, 0.6) is 5.75 Å². The summed E-state index contributed by atoms with van der Waals surface area (Å²) in [6.45, 7) is 14.9. The third-order valence-corrected chi connectivity index (χ3v) is 24.4. The Bertz CT molecular complexity index is 4520. The highest BCUT2D eigenvalue weighted by atomic mass is 19.1. The molecule has 124 heavy (non-hydrogen) atoms. The molecule has 6 aliphatic rings. The lowest BCUT2D eigenvalue weighted by Crippen LogP contribution is -2.71. The van der Waals surface area contributed by atoms with E-state index in [0.717, 1.165) is 35.0 Å². The number of nitrogens with zero attached hydrogens (tertiary/aromatic N) is 4. The molecule has 1 unspecified atom stereocenters. The number of ether oxygens (including phenoxy) is 11. The number of Topliss-reactive ketones (excluding diaryl/α,β-unsaturated/α-hetero) is 3. The molecule has 4 aromatic carbocycles. The predicted molar refractivity (Wildman–Crippen MR) is 453 cm³/mol. The largest absolute Gasteiger partial charge is 0.486 e. The molecule has 1 saturated heterocycles. The average Bonchev–Trinajstić information content (AvgIpc) is 1.41. The van der Waals surface area contributed by atoms with Crippen molar-refractivity contribution in [2.24, 2.45) is 40.2 Å². The van der Waals surface area contributed by atoms with Gasteiger partial charge in [0.25, 0.3) is 0 Å². The number of aromatic nitrogens is 3. The van der Waals surface area contributed by atoms with Gasteiger partial charge in [0.15, 0.2) is 29.1 Å². The van der Waals surface area contributed by atoms with Gasteiger partial charge in [0.1, 0.15) is 36.6 Å². The molecule has 3 saturated carbocycles. The molecule has 12 atom stereocenters. The number of fused-ring (bicyclic) bond motifs is 12. The van der Waals surface area contributed by atoms with Crippen molar-refractivity contribution in [3.8, 4) is 28.3 Å².